The summed E-state index contributed by atoms with van der Waals surface area (Å²) in [7, 11) is 0. The third-order valence-electron chi connectivity index (χ3n) is 3.96. The Morgan fingerprint density at radius 2 is 1.44 bits per heavy atom. The van der Waals surface area contributed by atoms with Crippen LogP contribution in [0.3, 0.4) is 0 Å². The SMILES string of the molecule is CCNc1c2c(C(F)(F)F)nc(C(F)(F)F)nc2nn1-c1c(Cl)cc(C(F)(F)F)cc1Cl. The van der Waals surface area contributed by atoms with Crippen LogP contribution in [-0.2, 0) is 18.5 Å². The average molecular weight is 512 g/mol. The monoisotopic (exact) mass is 511 g/mol. The molecule has 0 saturated carbocycles. The Hall–Kier alpha value is -2.48. The quantitative estimate of drug-likeness (QED) is 0.402. The fourth-order valence-corrected chi connectivity index (χ4v) is 3.39. The van der Waals surface area contributed by atoms with Crippen LogP contribution in [0, 0.1) is 0 Å². The molecule has 174 valence electrons. The molecule has 16 heteroatoms. The third-order valence-corrected chi connectivity index (χ3v) is 4.53. The van der Waals surface area contributed by atoms with Crippen molar-refractivity contribution < 1.29 is 39.5 Å². The molecule has 2 aromatic heterocycles. The molecule has 0 unspecified atom stereocenters. The van der Waals surface area contributed by atoms with Crippen molar-refractivity contribution >= 4 is 40.1 Å². The van der Waals surface area contributed by atoms with Crippen molar-refractivity contribution in [3.05, 3.63) is 39.3 Å². The lowest BCUT2D eigenvalue weighted by atomic mass is 10.2. The van der Waals surface area contributed by atoms with E-state index in [9.17, 15) is 39.5 Å². The van der Waals surface area contributed by atoms with Crippen LogP contribution in [0.5, 0.6) is 0 Å². The second-order valence-corrected chi connectivity index (χ2v) is 6.98. The van der Waals surface area contributed by atoms with E-state index in [1.807, 2.05) is 0 Å². The number of rotatable bonds is 3. The van der Waals surface area contributed by atoms with Crippen LogP contribution >= 0.6 is 23.2 Å². The van der Waals surface area contributed by atoms with E-state index in [2.05, 4.69) is 20.4 Å². The Balaban J connectivity index is 2.43. The van der Waals surface area contributed by atoms with Crippen molar-refractivity contribution in [1.29, 1.82) is 0 Å². The van der Waals surface area contributed by atoms with Gasteiger partial charge in [0.25, 0.3) is 0 Å². The fraction of sp³-hybridized carbons (Fsp3) is 0.312. The van der Waals surface area contributed by atoms with Crippen molar-refractivity contribution in [3.63, 3.8) is 0 Å². The summed E-state index contributed by atoms with van der Waals surface area (Å²) in [5.74, 6) is -2.67. The maximum atomic E-state index is 13.6. The Morgan fingerprint density at radius 1 is 0.875 bits per heavy atom. The topological polar surface area (TPSA) is 55.6 Å². The molecule has 0 bridgehead atoms. The van der Waals surface area contributed by atoms with Gasteiger partial charge in [-0.3, -0.25) is 0 Å². The number of alkyl halides is 9. The minimum absolute atomic E-state index is 0.0605. The molecule has 1 aromatic carbocycles. The number of benzene rings is 1. The summed E-state index contributed by atoms with van der Waals surface area (Å²) in [6.45, 7) is 1.38. The zero-order valence-electron chi connectivity index (χ0n) is 15.3. The summed E-state index contributed by atoms with van der Waals surface area (Å²) in [4.78, 5) is 5.67. The van der Waals surface area contributed by atoms with Crippen LogP contribution in [-0.4, -0.2) is 26.3 Å². The number of hydrogen-bond acceptors (Lipinski definition) is 4. The van der Waals surface area contributed by atoms with Crippen molar-refractivity contribution in [2.24, 2.45) is 0 Å². The van der Waals surface area contributed by atoms with Crippen LogP contribution in [0.4, 0.5) is 45.3 Å². The van der Waals surface area contributed by atoms with E-state index in [-0.39, 0.29) is 6.54 Å². The molecular formula is C16H8Cl2F9N5. The Bertz CT molecular complexity index is 1160. The second kappa shape index (κ2) is 7.83. The molecule has 0 atom stereocenters. The molecule has 3 rings (SSSR count). The lowest BCUT2D eigenvalue weighted by molar-refractivity contribution is -0.151. The van der Waals surface area contributed by atoms with Crippen molar-refractivity contribution in [2.75, 3.05) is 11.9 Å². The van der Waals surface area contributed by atoms with Crippen molar-refractivity contribution in [3.8, 4) is 5.69 Å². The zero-order valence-corrected chi connectivity index (χ0v) is 16.8. The Labute approximate surface area is 182 Å². The van der Waals surface area contributed by atoms with Gasteiger partial charge < -0.3 is 5.32 Å². The van der Waals surface area contributed by atoms with Gasteiger partial charge in [-0.2, -0.15) is 39.5 Å². The van der Waals surface area contributed by atoms with E-state index >= 15 is 0 Å². The standard InChI is InChI=1S/C16H8Cl2F9N5/c1-2-28-12-8-10(15(22,23)24)29-13(16(25,26)27)30-11(8)31-32(12)9-6(17)3-5(4-7(9)18)14(19,20)21/h3-4,28H,2H2,1H3. The van der Waals surface area contributed by atoms with E-state index in [0.29, 0.717) is 16.8 Å². The molecule has 1 N–H and O–H groups in total. The molecule has 0 aliphatic heterocycles. The summed E-state index contributed by atoms with van der Waals surface area (Å²) in [6, 6.07) is 0.894. The molecule has 3 aromatic rings. The van der Waals surface area contributed by atoms with E-state index in [0.717, 1.165) is 0 Å². The molecule has 0 spiro atoms. The smallest absolute Gasteiger partial charge is 0.370 e. The van der Waals surface area contributed by atoms with Crippen LogP contribution < -0.4 is 5.32 Å². The van der Waals surface area contributed by atoms with Gasteiger partial charge in [-0.15, -0.1) is 5.10 Å². The summed E-state index contributed by atoms with van der Waals surface area (Å²) in [5.41, 5.74) is -4.73. The van der Waals surface area contributed by atoms with Gasteiger partial charge in [-0.05, 0) is 19.1 Å². The minimum Gasteiger partial charge on any atom is -0.370 e. The van der Waals surface area contributed by atoms with Gasteiger partial charge in [-0.1, -0.05) is 23.2 Å². The number of fused-ring (bicyclic) bond motifs is 1. The van der Waals surface area contributed by atoms with Crippen LogP contribution in [0.1, 0.15) is 24.0 Å². The highest BCUT2D eigenvalue weighted by atomic mass is 35.5. The molecule has 5 nitrogen and oxygen atoms in total. The fourth-order valence-electron chi connectivity index (χ4n) is 2.75. The summed E-state index contributed by atoms with van der Waals surface area (Å²) >= 11 is 11.8. The first-order valence-corrected chi connectivity index (χ1v) is 9.07. The van der Waals surface area contributed by atoms with Crippen LogP contribution in [0.15, 0.2) is 12.1 Å². The number of anilines is 1. The largest absolute Gasteiger partial charge is 0.451 e. The van der Waals surface area contributed by atoms with Gasteiger partial charge in [0.15, 0.2) is 11.3 Å². The summed E-state index contributed by atoms with van der Waals surface area (Å²) in [5, 5.41) is 3.79. The van der Waals surface area contributed by atoms with Crippen LogP contribution in [0.25, 0.3) is 16.7 Å². The number of nitrogens with zero attached hydrogens (tertiary/aromatic N) is 4. The van der Waals surface area contributed by atoms with Gasteiger partial charge in [0.1, 0.15) is 11.5 Å². The maximum absolute atomic E-state index is 13.6. The van der Waals surface area contributed by atoms with Gasteiger partial charge in [0.05, 0.1) is 21.0 Å². The number of halogens is 11. The maximum Gasteiger partial charge on any atom is 0.451 e. The van der Waals surface area contributed by atoms with E-state index in [1.54, 1.807) is 0 Å². The molecule has 0 aliphatic rings. The number of aromatic nitrogens is 4. The molecule has 32 heavy (non-hydrogen) atoms. The highest BCUT2D eigenvalue weighted by Crippen LogP contribution is 2.42. The molecule has 0 amide bonds. The van der Waals surface area contributed by atoms with E-state index in [1.165, 1.54) is 6.92 Å². The van der Waals surface area contributed by atoms with Crippen LogP contribution in [0.2, 0.25) is 10.0 Å². The van der Waals surface area contributed by atoms with E-state index < -0.39 is 68.2 Å². The Morgan fingerprint density at radius 3 is 1.88 bits per heavy atom. The zero-order chi connectivity index (χ0) is 24.2. The second-order valence-electron chi connectivity index (χ2n) is 6.17. The molecule has 0 saturated heterocycles. The van der Waals surface area contributed by atoms with Gasteiger partial charge in [0, 0.05) is 6.54 Å². The highest BCUT2D eigenvalue weighted by Gasteiger charge is 2.43. The first-order chi connectivity index (χ1) is 14.6. The van der Waals surface area contributed by atoms with Gasteiger partial charge >= 0.3 is 18.5 Å². The molecule has 0 radical (unpaired) electrons. The highest BCUT2D eigenvalue weighted by molar-refractivity contribution is 6.38. The first kappa shape index (κ1) is 24.2. The minimum atomic E-state index is -5.35. The molecule has 2 heterocycles. The average Bonchev–Trinajstić information content (AvgIpc) is 2.96. The van der Waals surface area contributed by atoms with Gasteiger partial charge in [-0.25, -0.2) is 14.6 Å². The summed E-state index contributed by atoms with van der Waals surface area (Å²) < 4.78 is 119. The Kier molecular flexibility index (Phi) is 5.91. The van der Waals surface area contributed by atoms with Crippen molar-refractivity contribution in [2.45, 2.75) is 25.5 Å². The predicted molar refractivity (Wildman–Crippen MR) is 95.8 cm³/mol. The molecular weight excluding hydrogens is 504 g/mol. The van der Waals surface area contributed by atoms with E-state index in [4.69, 9.17) is 23.2 Å². The third kappa shape index (κ3) is 4.37. The first-order valence-electron chi connectivity index (χ1n) is 8.31. The molecule has 0 fully saturated rings. The predicted octanol–water partition coefficient (Wildman–Crippen LogP) is 6.61. The number of nitrogens with one attached hydrogen (secondary N) is 1. The summed E-state index contributed by atoms with van der Waals surface area (Å²) in [6.07, 6.45) is -15.5. The normalized spacial score (nSPS) is 13.1. The number of hydrogen-bond donors (Lipinski definition) is 1. The van der Waals surface area contributed by atoms with Gasteiger partial charge in [0.2, 0.25) is 5.82 Å². The van der Waals surface area contributed by atoms with Crippen molar-refractivity contribution in [1.82, 2.24) is 19.7 Å². The lowest BCUT2D eigenvalue weighted by Crippen LogP contribution is -2.17. The molecule has 0 aliphatic carbocycles. The lowest BCUT2D eigenvalue weighted by Gasteiger charge is -2.15.